The molecule has 0 bridgehead atoms. The number of nitrogens with zero attached hydrogens (tertiary/aromatic N) is 5. The van der Waals surface area contributed by atoms with Crippen molar-refractivity contribution in [2.75, 3.05) is 13.6 Å². The van der Waals surface area contributed by atoms with Gasteiger partial charge in [-0.25, -0.2) is 4.98 Å². The van der Waals surface area contributed by atoms with Gasteiger partial charge in [-0.1, -0.05) is 47.1 Å². The zero-order valence-corrected chi connectivity index (χ0v) is 18.4. The van der Waals surface area contributed by atoms with Gasteiger partial charge in [0.25, 0.3) is 5.89 Å². The van der Waals surface area contributed by atoms with Crippen molar-refractivity contribution in [2.45, 2.75) is 51.2 Å². The van der Waals surface area contributed by atoms with Crippen LogP contribution in [0.25, 0.3) is 11.7 Å². The average molecular weight is 428 g/mol. The molecule has 1 aromatic carbocycles. The minimum Gasteiger partial charge on any atom is -0.473 e. The number of halogens is 1. The summed E-state index contributed by atoms with van der Waals surface area (Å²) in [5.74, 6) is 1.43. The van der Waals surface area contributed by atoms with Gasteiger partial charge in [-0.05, 0) is 52.8 Å². The Bertz CT molecular complexity index is 1010. The van der Waals surface area contributed by atoms with E-state index >= 15 is 0 Å². The maximum absolute atomic E-state index is 6.23. The van der Waals surface area contributed by atoms with Crippen LogP contribution in [0.5, 0.6) is 5.88 Å². The van der Waals surface area contributed by atoms with E-state index in [1.54, 1.807) is 6.07 Å². The van der Waals surface area contributed by atoms with Crippen molar-refractivity contribution in [3.63, 3.8) is 0 Å². The van der Waals surface area contributed by atoms with E-state index < -0.39 is 5.41 Å². The van der Waals surface area contributed by atoms with Gasteiger partial charge in [0.2, 0.25) is 11.7 Å². The number of hydrogen-bond acceptors (Lipinski definition) is 7. The number of hydrogen-bond donors (Lipinski definition) is 0. The molecule has 30 heavy (non-hydrogen) atoms. The molecular formula is C22H26ClN5O2. The van der Waals surface area contributed by atoms with E-state index in [0.717, 1.165) is 18.5 Å². The predicted molar refractivity (Wildman–Crippen MR) is 115 cm³/mol. The van der Waals surface area contributed by atoms with Gasteiger partial charge in [0, 0.05) is 12.1 Å². The number of aromatic nitrogens is 4. The molecule has 0 radical (unpaired) electrons. The number of benzene rings is 1. The van der Waals surface area contributed by atoms with Crippen molar-refractivity contribution in [1.82, 2.24) is 25.0 Å². The summed E-state index contributed by atoms with van der Waals surface area (Å²) in [7, 11) is 2.12. The lowest BCUT2D eigenvalue weighted by molar-refractivity contribution is 0.117. The highest BCUT2D eigenvalue weighted by molar-refractivity contribution is 6.29. The summed E-state index contributed by atoms with van der Waals surface area (Å²) < 4.78 is 11.6. The number of likely N-dealkylation sites (N-methyl/N-ethyl adjacent to an activating group) is 1. The second kappa shape index (κ2) is 8.32. The van der Waals surface area contributed by atoms with Crippen LogP contribution in [0.2, 0.25) is 5.15 Å². The molecule has 3 heterocycles. The van der Waals surface area contributed by atoms with Crippen molar-refractivity contribution >= 4 is 11.6 Å². The Hall–Kier alpha value is -2.51. The third kappa shape index (κ3) is 4.18. The molecule has 0 aliphatic carbocycles. The third-order valence-corrected chi connectivity index (χ3v) is 5.96. The maximum Gasteiger partial charge on any atom is 0.295 e. The van der Waals surface area contributed by atoms with Gasteiger partial charge in [0.15, 0.2) is 5.82 Å². The molecule has 1 aliphatic rings. The molecule has 4 rings (SSSR count). The van der Waals surface area contributed by atoms with Crippen molar-refractivity contribution in [3.05, 3.63) is 52.9 Å². The van der Waals surface area contributed by atoms with E-state index in [0.29, 0.717) is 17.7 Å². The third-order valence-electron chi connectivity index (χ3n) is 5.77. The normalized spacial score (nSPS) is 18.5. The Morgan fingerprint density at radius 1 is 1.20 bits per heavy atom. The molecule has 2 atom stereocenters. The molecule has 7 nitrogen and oxygen atoms in total. The Morgan fingerprint density at radius 3 is 2.67 bits per heavy atom. The molecule has 0 amide bonds. The Kier molecular flexibility index (Phi) is 5.75. The smallest absolute Gasteiger partial charge is 0.295 e. The Labute approximate surface area is 181 Å². The predicted octanol–water partition coefficient (Wildman–Crippen LogP) is 4.37. The van der Waals surface area contributed by atoms with E-state index in [-0.39, 0.29) is 23.0 Å². The molecule has 2 aromatic heterocycles. The topological polar surface area (TPSA) is 77.2 Å². The number of rotatable bonds is 6. The molecule has 1 aliphatic heterocycles. The first-order valence-corrected chi connectivity index (χ1v) is 10.5. The SMILES string of the molecule is CC(Oc1cc(Cl)nc(-c2nc(C(C)(C)c3ccccc3)no2)n1)[C@@H]1CCCN1C. The molecule has 1 saturated heterocycles. The van der Waals surface area contributed by atoms with Gasteiger partial charge >= 0.3 is 0 Å². The van der Waals surface area contributed by atoms with Crippen LogP contribution in [-0.4, -0.2) is 50.7 Å². The summed E-state index contributed by atoms with van der Waals surface area (Å²) in [6.45, 7) is 7.22. The van der Waals surface area contributed by atoms with Crippen LogP contribution in [0.15, 0.2) is 40.9 Å². The minimum absolute atomic E-state index is 0.0217. The summed E-state index contributed by atoms with van der Waals surface area (Å²) in [5, 5.41) is 4.44. The highest BCUT2D eigenvalue weighted by Gasteiger charge is 2.31. The van der Waals surface area contributed by atoms with Crippen molar-refractivity contribution < 1.29 is 9.26 Å². The van der Waals surface area contributed by atoms with Gasteiger partial charge in [0.1, 0.15) is 11.3 Å². The first-order chi connectivity index (χ1) is 14.3. The minimum atomic E-state index is -0.428. The zero-order chi connectivity index (χ0) is 21.3. The van der Waals surface area contributed by atoms with Gasteiger partial charge in [0.05, 0.1) is 5.41 Å². The van der Waals surface area contributed by atoms with Crippen molar-refractivity contribution in [2.24, 2.45) is 0 Å². The van der Waals surface area contributed by atoms with Crippen LogP contribution in [-0.2, 0) is 5.41 Å². The molecule has 3 aromatic rings. The lowest BCUT2D eigenvalue weighted by Gasteiger charge is -2.26. The highest BCUT2D eigenvalue weighted by Crippen LogP contribution is 2.31. The van der Waals surface area contributed by atoms with Crippen molar-refractivity contribution in [3.8, 4) is 17.6 Å². The quantitative estimate of drug-likeness (QED) is 0.540. The van der Waals surface area contributed by atoms with Crippen LogP contribution in [0.3, 0.4) is 0 Å². The molecule has 1 fully saturated rings. The van der Waals surface area contributed by atoms with Crippen LogP contribution < -0.4 is 4.74 Å². The molecule has 0 N–H and O–H groups in total. The maximum atomic E-state index is 6.23. The Morgan fingerprint density at radius 2 is 1.97 bits per heavy atom. The zero-order valence-electron chi connectivity index (χ0n) is 17.7. The van der Waals surface area contributed by atoms with Crippen molar-refractivity contribution in [1.29, 1.82) is 0 Å². The summed E-state index contributed by atoms with van der Waals surface area (Å²) >= 11 is 6.23. The summed E-state index contributed by atoms with van der Waals surface area (Å²) in [4.78, 5) is 15.6. The molecule has 158 valence electrons. The average Bonchev–Trinajstić information content (AvgIpc) is 3.38. The van der Waals surface area contributed by atoms with Gasteiger partial charge in [-0.2, -0.15) is 9.97 Å². The fourth-order valence-electron chi connectivity index (χ4n) is 3.90. The second-order valence-electron chi connectivity index (χ2n) is 8.28. The lowest BCUT2D eigenvalue weighted by atomic mass is 9.84. The van der Waals surface area contributed by atoms with Gasteiger partial charge in [-0.15, -0.1) is 0 Å². The van der Waals surface area contributed by atoms with Crippen LogP contribution in [0.4, 0.5) is 0 Å². The largest absolute Gasteiger partial charge is 0.473 e. The van der Waals surface area contributed by atoms with E-state index in [1.165, 1.54) is 6.42 Å². The molecular weight excluding hydrogens is 402 g/mol. The number of likely N-dealkylation sites (tertiary alicyclic amines) is 1. The van der Waals surface area contributed by atoms with E-state index in [1.807, 2.05) is 44.2 Å². The fraction of sp³-hybridized carbons (Fsp3) is 0.455. The van der Waals surface area contributed by atoms with E-state index in [4.69, 9.17) is 20.9 Å². The lowest BCUT2D eigenvalue weighted by Crippen LogP contribution is -2.38. The summed E-state index contributed by atoms with van der Waals surface area (Å²) in [6.07, 6.45) is 2.25. The monoisotopic (exact) mass is 427 g/mol. The van der Waals surface area contributed by atoms with Crippen LogP contribution in [0.1, 0.15) is 45.0 Å². The summed E-state index contributed by atoms with van der Waals surface area (Å²) in [6, 6.07) is 12.0. The van der Waals surface area contributed by atoms with Gasteiger partial charge in [-0.3, -0.25) is 4.90 Å². The number of ether oxygens (including phenoxy) is 1. The standard InChI is InChI=1S/C22H26ClN5O2/c1-14(16-11-8-12-28(16)4)29-18-13-17(23)24-19(25-18)20-26-21(27-30-20)22(2,3)15-9-6-5-7-10-15/h5-7,9-10,13-14,16H,8,11-12H2,1-4H3/t14?,16-/m0/s1. The molecule has 0 spiro atoms. The van der Waals surface area contributed by atoms with E-state index in [9.17, 15) is 0 Å². The molecule has 8 heteroatoms. The molecule has 0 saturated carbocycles. The first-order valence-electron chi connectivity index (χ1n) is 10.2. The summed E-state index contributed by atoms with van der Waals surface area (Å²) in [5.41, 5.74) is 0.658. The highest BCUT2D eigenvalue weighted by atomic mass is 35.5. The first kappa shape index (κ1) is 20.8. The van der Waals surface area contributed by atoms with Crippen LogP contribution >= 0.6 is 11.6 Å². The Balaban J connectivity index is 1.58. The van der Waals surface area contributed by atoms with E-state index in [2.05, 4.69) is 39.0 Å². The van der Waals surface area contributed by atoms with Crippen LogP contribution in [0, 0.1) is 0 Å². The fourth-order valence-corrected chi connectivity index (χ4v) is 4.08. The second-order valence-corrected chi connectivity index (χ2v) is 8.67. The molecule has 1 unspecified atom stereocenters. The van der Waals surface area contributed by atoms with Gasteiger partial charge < -0.3 is 9.26 Å².